The molecule has 118 valence electrons. The Morgan fingerprint density at radius 1 is 1.36 bits per heavy atom. The van der Waals surface area contributed by atoms with Gasteiger partial charge in [0.2, 0.25) is 0 Å². The molecule has 0 saturated carbocycles. The Hall–Kier alpha value is -1.92. The summed E-state index contributed by atoms with van der Waals surface area (Å²) in [4.78, 5) is 16.8. The molecule has 2 N–H and O–H groups in total. The highest BCUT2D eigenvalue weighted by atomic mass is 16.3. The molecule has 6 nitrogen and oxygen atoms in total. The summed E-state index contributed by atoms with van der Waals surface area (Å²) < 4.78 is 0. The van der Waals surface area contributed by atoms with Crippen LogP contribution in [-0.4, -0.2) is 69.8 Å². The third kappa shape index (κ3) is 2.98. The van der Waals surface area contributed by atoms with E-state index in [0.717, 1.165) is 30.4 Å². The van der Waals surface area contributed by atoms with Crippen LogP contribution in [0.4, 0.5) is 0 Å². The molecule has 22 heavy (non-hydrogen) atoms. The molecule has 1 saturated heterocycles. The third-order valence-corrected chi connectivity index (χ3v) is 4.31. The van der Waals surface area contributed by atoms with E-state index in [9.17, 15) is 9.90 Å². The Balaban J connectivity index is 1.66. The summed E-state index contributed by atoms with van der Waals surface area (Å²) in [5.74, 6) is 0.0580. The van der Waals surface area contributed by atoms with Gasteiger partial charge in [0.15, 0.2) is 0 Å². The number of fused-ring (bicyclic) bond motifs is 1. The second-order valence-electron chi connectivity index (χ2n) is 5.79. The van der Waals surface area contributed by atoms with Gasteiger partial charge in [-0.15, -0.1) is 0 Å². The van der Waals surface area contributed by atoms with Crippen LogP contribution in [-0.2, 0) is 0 Å². The molecule has 1 atom stereocenters. The van der Waals surface area contributed by atoms with Gasteiger partial charge in [-0.1, -0.05) is 13.0 Å². The fourth-order valence-corrected chi connectivity index (χ4v) is 2.89. The average molecular weight is 302 g/mol. The first kappa shape index (κ1) is 15.0. The van der Waals surface area contributed by atoms with Gasteiger partial charge in [-0.25, -0.2) is 0 Å². The minimum absolute atomic E-state index is 0.0580. The lowest BCUT2D eigenvalue weighted by molar-refractivity contribution is 0.0525. The van der Waals surface area contributed by atoms with Crippen LogP contribution in [0.1, 0.15) is 23.7 Å². The Morgan fingerprint density at radius 3 is 2.86 bits per heavy atom. The molecule has 0 aliphatic carbocycles. The summed E-state index contributed by atoms with van der Waals surface area (Å²) in [5.41, 5.74) is 1.59. The molecule has 1 aromatic heterocycles. The number of carbonyl (C=O) groups is 1. The molecule has 0 radical (unpaired) electrons. The van der Waals surface area contributed by atoms with Crippen LogP contribution < -0.4 is 0 Å². The van der Waals surface area contributed by atoms with E-state index in [2.05, 4.69) is 15.1 Å². The quantitative estimate of drug-likeness (QED) is 0.887. The number of amides is 1. The van der Waals surface area contributed by atoms with E-state index in [-0.39, 0.29) is 12.0 Å². The third-order valence-electron chi connectivity index (χ3n) is 4.31. The number of aliphatic hydroxyl groups excluding tert-OH is 1. The van der Waals surface area contributed by atoms with E-state index in [1.54, 1.807) is 6.20 Å². The maximum absolute atomic E-state index is 12.7. The summed E-state index contributed by atoms with van der Waals surface area (Å²) in [6.07, 6.45) is 2.19. The number of β-amino-alcohol motifs (C(OH)–C–C–N with tert-alkyl or cyclic N) is 1. The molecule has 1 fully saturated rings. The monoisotopic (exact) mass is 302 g/mol. The predicted octanol–water partition coefficient (Wildman–Crippen LogP) is 1.09. The number of aromatic nitrogens is 2. The topological polar surface area (TPSA) is 72.5 Å². The van der Waals surface area contributed by atoms with Gasteiger partial charge in [0, 0.05) is 38.1 Å². The zero-order valence-electron chi connectivity index (χ0n) is 12.8. The lowest BCUT2D eigenvalue weighted by Crippen LogP contribution is -2.50. The van der Waals surface area contributed by atoms with Crippen molar-refractivity contribution in [3.8, 4) is 0 Å². The minimum Gasteiger partial charge on any atom is -0.392 e. The van der Waals surface area contributed by atoms with Gasteiger partial charge in [-0.3, -0.25) is 14.8 Å². The molecule has 0 spiro atoms. The van der Waals surface area contributed by atoms with Crippen molar-refractivity contribution in [3.05, 3.63) is 30.0 Å². The highest BCUT2D eigenvalue weighted by Crippen LogP contribution is 2.18. The number of carbonyl (C=O) groups excluding carboxylic acids is 1. The normalized spacial score (nSPS) is 17.8. The molecule has 1 aliphatic rings. The molecule has 0 bridgehead atoms. The number of nitrogens with one attached hydrogen (secondary N) is 1. The molecule has 2 aromatic rings. The molecular formula is C16H22N4O2. The number of aromatic amines is 1. The zero-order valence-corrected chi connectivity index (χ0v) is 12.8. The van der Waals surface area contributed by atoms with Crippen molar-refractivity contribution in [3.63, 3.8) is 0 Å². The number of nitrogens with zero attached hydrogens (tertiary/aromatic N) is 3. The highest BCUT2D eigenvalue weighted by molar-refractivity contribution is 6.06. The first-order valence-electron chi connectivity index (χ1n) is 7.81. The van der Waals surface area contributed by atoms with Crippen LogP contribution in [0.3, 0.4) is 0 Å². The van der Waals surface area contributed by atoms with Gasteiger partial charge in [-0.05, 0) is 18.6 Å². The fraction of sp³-hybridized carbons (Fsp3) is 0.500. The first-order chi connectivity index (χ1) is 10.7. The molecule has 1 aliphatic heterocycles. The maximum atomic E-state index is 12.7. The molecule has 2 heterocycles. The van der Waals surface area contributed by atoms with Gasteiger partial charge in [0.25, 0.3) is 5.91 Å². The summed E-state index contributed by atoms with van der Waals surface area (Å²) >= 11 is 0. The number of benzene rings is 1. The van der Waals surface area contributed by atoms with Crippen LogP contribution in [0, 0.1) is 0 Å². The standard InChI is InChI=1S/C16H22N4O2/c1-2-12(21)11-19-6-8-20(9-7-19)16(22)13-4-3-5-15-14(13)10-17-18-15/h3-5,10,12,21H,2,6-9,11H2,1H3,(H,17,18)/t12-/m1/s1. The summed E-state index contributed by atoms with van der Waals surface area (Å²) in [6.45, 7) is 5.69. The van der Waals surface area contributed by atoms with Crippen molar-refractivity contribution >= 4 is 16.8 Å². The maximum Gasteiger partial charge on any atom is 0.254 e. The summed E-state index contributed by atoms with van der Waals surface area (Å²) in [6, 6.07) is 5.65. The number of hydrogen-bond acceptors (Lipinski definition) is 4. The van der Waals surface area contributed by atoms with Crippen LogP contribution in [0.25, 0.3) is 10.9 Å². The van der Waals surface area contributed by atoms with E-state index >= 15 is 0 Å². The van der Waals surface area contributed by atoms with Crippen LogP contribution in [0.15, 0.2) is 24.4 Å². The van der Waals surface area contributed by atoms with Gasteiger partial charge in [0.1, 0.15) is 0 Å². The summed E-state index contributed by atoms with van der Waals surface area (Å²) in [7, 11) is 0. The van der Waals surface area contributed by atoms with Gasteiger partial charge < -0.3 is 10.0 Å². The van der Waals surface area contributed by atoms with E-state index < -0.39 is 0 Å². The van der Waals surface area contributed by atoms with Crippen molar-refractivity contribution in [1.29, 1.82) is 0 Å². The van der Waals surface area contributed by atoms with E-state index in [4.69, 9.17) is 0 Å². The van der Waals surface area contributed by atoms with Crippen molar-refractivity contribution in [2.24, 2.45) is 0 Å². The minimum atomic E-state index is -0.276. The van der Waals surface area contributed by atoms with Gasteiger partial charge in [0.05, 0.1) is 23.4 Å². The van der Waals surface area contributed by atoms with Crippen molar-refractivity contribution in [2.45, 2.75) is 19.4 Å². The summed E-state index contributed by atoms with van der Waals surface area (Å²) in [5, 5.41) is 17.5. The van der Waals surface area contributed by atoms with E-state index in [0.29, 0.717) is 25.2 Å². The lowest BCUT2D eigenvalue weighted by Gasteiger charge is -2.35. The van der Waals surface area contributed by atoms with Crippen molar-refractivity contribution in [2.75, 3.05) is 32.7 Å². The molecule has 0 unspecified atom stereocenters. The average Bonchev–Trinajstić information content (AvgIpc) is 3.03. The SMILES string of the molecule is CC[C@@H](O)CN1CCN(C(=O)c2cccc3[nH]ncc23)CC1. The first-order valence-corrected chi connectivity index (χ1v) is 7.81. The highest BCUT2D eigenvalue weighted by Gasteiger charge is 2.24. The smallest absolute Gasteiger partial charge is 0.254 e. The Bertz CT molecular complexity index is 646. The second kappa shape index (κ2) is 6.46. The zero-order chi connectivity index (χ0) is 15.5. The molecule has 1 aromatic carbocycles. The Labute approximate surface area is 129 Å². The van der Waals surface area contributed by atoms with Gasteiger partial charge >= 0.3 is 0 Å². The number of piperazine rings is 1. The van der Waals surface area contributed by atoms with E-state index in [1.165, 1.54) is 0 Å². The van der Waals surface area contributed by atoms with Crippen molar-refractivity contribution in [1.82, 2.24) is 20.0 Å². The van der Waals surface area contributed by atoms with E-state index in [1.807, 2.05) is 30.0 Å². The van der Waals surface area contributed by atoms with Crippen LogP contribution in [0.2, 0.25) is 0 Å². The largest absolute Gasteiger partial charge is 0.392 e. The van der Waals surface area contributed by atoms with Crippen LogP contribution in [0.5, 0.6) is 0 Å². The number of hydrogen-bond donors (Lipinski definition) is 2. The lowest BCUT2D eigenvalue weighted by atomic mass is 10.1. The fourth-order valence-electron chi connectivity index (χ4n) is 2.89. The van der Waals surface area contributed by atoms with Crippen molar-refractivity contribution < 1.29 is 9.90 Å². The molecule has 3 rings (SSSR count). The number of H-pyrrole nitrogens is 1. The predicted molar refractivity (Wildman–Crippen MR) is 84.7 cm³/mol. The molecule has 1 amide bonds. The second-order valence-corrected chi connectivity index (χ2v) is 5.79. The molecular weight excluding hydrogens is 280 g/mol. The Morgan fingerprint density at radius 2 is 2.14 bits per heavy atom. The number of aliphatic hydroxyl groups is 1. The van der Waals surface area contributed by atoms with Crippen LogP contribution >= 0.6 is 0 Å². The Kier molecular flexibility index (Phi) is 4.40. The number of rotatable bonds is 4. The van der Waals surface area contributed by atoms with Gasteiger partial charge in [-0.2, -0.15) is 5.10 Å². The molecule has 6 heteroatoms.